The van der Waals surface area contributed by atoms with Crippen LogP contribution in [0, 0.1) is 29.2 Å². The molecule has 0 spiro atoms. The maximum absolute atomic E-state index is 15.0. The second kappa shape index (κ2) is 11.2. The molecular weight excluding hydrogens is 452 g/mol. The summed E-state index contributed by atoms with van der Waals surface area (Å²) in [5.74, 6) is -3.26. The summed E-state index contributed by atoms with van der Waals surface area (Å²) in [5, 5.41) is 0. The Morgan fingerprint density at radius 3 is 2.00 bits per heavy atom. The molecule has 1 aliphatic heterocycles. The van der Waals surface area contributed by atoms with E-state index in [-0.39, 0.29) is 16.7 Å². The maximum Gasteiger partial charge on any atom is 0.167 e. The van der Waals surface area contributed by atoms with E-state index < -0.39 is 29.4 Å². The highest BCUT2D eigenvalue weighted by Crippen LogP contribution is 2.36. The van der Waals surface area contributed by atoms with Crippen molar-refractivity contribution in [2.75, 3.05) is 6.61 Å². The number of allylic oxidation sites excluding steroid dienone is 1. The zero-order chi connectivity index (χ0) is 24.9. The van der Waals surface area contributed by atoms with Gasteiger partial charge in [0.1, 0.15) is 0 Å². The van der Waals surface area contributed by atoms with E-state index in [0.717, 1.165) is 19.3 Å². The van der Waals surface area contributed by atoms with Crippen molar-refractivity contribution in [3.05, 3.63) is 95.1 Å². The van der Waals surface area contributed by atoms with E-state index in [9.17, 15) is 13.2 Å². The lowest BCUT2D eigenvalue weighted by Crippen LogP contribution is -2.20. The maximum atomic E-state index is 15.0. The van der Waals surface area contributed by atoms with Gasteiger partial charge in [0.15, 0.2) is 23.3 Å². The summed E-state index contributed by atoms with van der Waals surface area (Å²) in [5.41, 5.74) is 1.76. The van der Waals surface area contributed by atoms with Crippen molar-refractivity contribution in [2.45, 2.75) is 52.1 Å². The van der Waals surface area contributed by atoms with Crippen molar-refractivity contribution >= 4 is 0 Å². The van der Waals surface area contributed by atoms with Gasteiger partial charge in [-0.2, -0.15) is 0 Å². The fourth-order valence-electron chi connectivity index (χ4n) is 4.68. The third-order valence-electron chi connectivity index (χ3n) is 6.70. The molecule has 2 unspecified atom stereocenters. The molecular formula is C30H30F4O. The van der Waals surface area contributed by atoms with Crippen LogP contribution in [0.2, 0.25) is 0 Å². The SMILES string of the molecule is CC=CC1CCC(c2ccc(-c3ccc(-c4ccc(CCCC)c(F)c4F)cc3)c(F)c2F)OC1. The fourth-order valence-corrected chi connectivity index (χ4v) is 4.68. The van der Waals surface area contributed by atoms with Gasteiger partial charge in [0.05, 0.1) is 12.7 Å². The molecule has 0 bridgehead atoms. The van der Waals surface area contributed by atoms with E-state index in [1.54, 1.807) is 48.5 Å². The van der Waals surface area contributed by atoms with Gasteiger partial charge in [-0.1, -0.05) is 74.0 Å². The van der Waals surface area contributed by atoms with Crippen LogP contribution in [0.5, 0.6) is 0 Å². The summed E-state index contributed by atoms with van der Waals surface area (Å²) in [6, 6.07) is 12.7. The van der Waals surface area contributed by atoms with Crippen molar-refractivity contribution in [3.8, 4) is 22.3 Å². The van der Waals surface area contributed by atoms with Crippen molar-refractivity contribution in [2.24, 2.45) is 5.92 Å². The molecule has 0 amide bonds. The summed E-state index contributed by atoms with van der Waals surface area (Å²) in [6.45, 7) is 4.43. The minimum atomic E-state index is -0.938. The van der Waals surface area contributed by atoms with E-state index in [0.29, 0.717) is 42.1 Å². The average Bonchev–Trinajstić information content (AvgIpc) is 2.88. The molecule has 0 radical (unpaired) electrons. The Bertz CT molecular complexity index is 1190. The normalized spacial score (nSPS) is 18.3. The highest BCUT2D eigenvalue weighted by atomic mass is 19.2. The first-order valence-electron chi connectivity index (χ1n) is 12.2. The average molecular weight is 483 g/mol. The van der Waals surface area contributed by atoms with Crippen LogP contribution < -0.4 is 0 Å². The Morgan fingerprint density at radius 2 is 1.43 bits per heavy atom. The summed E-state index contributed by atoms with van der Waals surface area (Å²) >= 11 is 0. The predicted molar refractivity (Wildman–Crippen MR) is 132 cm³/mol. The van der Waals surface area contributed by atoms with Crippen molar-refractivity contribution < 1.29 is 22.3 Å². The second-order valence-corrected chi connectivity index (χ2v) is 9.10. The van der Waals surface area contributed by atoms with Gasteiger partial charge < -0.3 is 4.74 Å². The zero-order valence-electron chi connectivity index (χ0n) is 20.1. The predicted octanol–water partition coefficient (Wildman–Crippen LogP) is 8.96. The third-order valence-corrected chi connectivity index (χ3v) is 6.70. The van der Waals surface area contributed by atoms with Crippen LogP contribution in [-0.2, 0) is 11.2 Å². The van der Waals surface area contributed by atoms with Gasteiger partial charge in [-0.15, -0.1) is 0 Å². The van der Waals surface area contributed by atoms with Gasteiger partial charge in [0.2, 0.25) is 0 Å². The van der Waals surface area contributed by atoms with Crippen LogP contribution >= 0.6 is 0 Å². The summed E-state index contributed by atoms with van der Waals surface area (Å²) in [7, 11) is 0. The van der Waals surface area contributed by atoms with Crippen LogP contribution in [0.1, 0.15) is 56.8 Å². The van der Waals surface area contributed by atoms with Crippen LogP contribution in [-0.4, -0.2) is 6.61 Å². The number of benzene rings is 3. The first-order chi connectivity index (χ1) is 16.9. The van der Waals surface area contributed by atoms with Crippen LogP contribution in [0.4, 0.5) is 17.6 Å². The largest absolute Gasteiger partial charge is 0.373 e. The van der Waals surface area contributed by atoms with E-state index in [1.807, 2.05) is 19.9 Å². The number of rotatable bonds is 7. The molecule has 5 heteroatoms. The van der Waals surface area contributed by atoms with E-state index in [4.69, 9.17) is 4.74 Å². The molecule has 3 aromatic carbocycles. The lowest BCUT2D eigenvalue weighted by molar-refractivity contribution is -0.00743. The monoisotopic (exact) mass is 482 g/mol. The van der Waals surface area contributed by atoms with Crippen molar-refractivity contribution in [3.63, 3.8) is 0 Å². The van der Waals surface area contributed by atoms with Crippen LogP contribution in [0.3, 0.4) is 0 Å². The Labute approximate surface area is 204 Å². The lowest BCUT2D eigenvalue weighted by atomic mass is 9.92. The number of hydrogen-bond donors (Lipinski definition) is 0. The molecule has 1 heterocycles. The molecule has 184 valence electrons. The first-order valence-corrected chi connectivity index (χ1v) is 12.2. The Balaban J connectivity index is 1.55. The number of halogens is 4. The van der Waals surface area contributed by atoms with Gasteiger partial charge in [-0.25, -0.2) is 17.6 Å². The number of aryl methyl sites for hydroxylation is 1. The molecule has 0 aromatic heterocycles. The molecule has 35 heavy (non-hydrogen) atoms. The van der Waals surface area contributed by atoms with Gasteiger partial charge >= 0.3 is 0 Å². The lowest BCUT2D eigenvalue weighted by Gasteiger charge is -2.28. The Hall–Kier alpha value is -2.92. The number of hydrogen-bond acceptors (Lipinski definition) is 1. The van der Waals surface area contributed by atoms with Gasteiger partial charge in [0, 0.05) is 22.6 Å². The molecule has 1 nitrogen and oxygen atoms in total. The molecule has 0 aliphatic carbocycles. The third kappa shape index (κ3) is 5.35. The fraction of sp³-hybridized carbons (Fsp3) is 0.333. The topological polar surface area (TPSA) is 9.23 Å². The Kier molecular flexibility index (Phi) is 8.07. The summed E-state index contributed by atoms with van der Waals surface area (Å²) in [6.07, 6.45) is 7.22. The van der Waals surface area contributed by atoms with Gasteiger partial charge in [-0.3, -0.25) is 0 Å². The highest BCUT2D eigenvalue weighted by Gasteiger charge is 2.26. The van der Waals surface area contributed by atoms with E-state index >= 15 is 4.39 Å². The molecule has 3 aromatic rings. The number of unbranched alkanes of at least 4 members (excludes halogenated alkanes) is 1. The molecule has 1 saturated heterocycles. The van der Waals surface area contributed by atoms with E-state index in [1.165, 1.54) is 0 Å². The van der Waals surface area contributed by atoms with Crippen LogP contribution in [0.15, 0.2) is 60.7 Å². The molecule has 1 fully saturated rings. The molecule has 0 saturated carbocycles. The quantitative estimate of drug-likeness (QED) is 0.241. The summed E-state index contributed by atoms with van der Waals surface area (Å²) < 4.78 is 65.0. The Morgan fingerprint density at radius 1 is 0.800 bits per heavy atom. The smallest absolute Gasteiger partial charge is 0.167 e. The molecule has 4 rings (SSSR count). The number of ether oxygens (including phenoxy) is 1. The minimum absolute atomic E-state index is 0.113. The van der Waals surface area contributed by atoms with Crippen molar-refractivity contribution in [1.82, 2.24) is 0 Å². The first kappa shape index (κ1) is 25.2. The molecule has 1 aliphatic rings. The van der Waals surface area contributed by atoms with Gasteiger partial charge in [0.25, 0.3) is 0 Å². The minimum Gasteiger partial charge on any atom is -0.373 e. The highest BCUT2D eigenvalue weighted by molar-refractivity contribution is 5.71. The van der Waals surface area contributed by atoms with Crippen molar-refractivity contribution in [1.29, 1.82) is 0 Å². The summed E-state index contributed by atoms with van der Waals surface area (Å²) in [4.78, 5) is 0. The molecule has 2 atom stereocenters. The van der Waals surface area contributed by atoms with E-state index in [2.05, 4.69) is 6.08 Å². The standard InChI is InChI=1S/C30H30F4O/c1-3-5-7-22-13-14-23(28(32)27(22)31)20-9-11-21(12-10-20)24-15-16-25(30(34)29(24)33)26-17-8-19(6-4-2)18-35-26/h4,6,9-16,19,26H,3,5,7-8,17-18H2,1-2H3. The van der Waals surface area contributed by atoms with Crippen LogP contribution in [0.25, 0.3) is 22.3 Å². The zero-order valence-corrected chi connectivity index (χ0v) is 20.1. The van der Waals surface area contributed by atoms with Gasteiger partial charge in [-0.05, 0) is 49.3 Å². The molecule has 0 N–H and O–H groups in total. The second-order valence-electron chi connectivity index (χ2n) is 9.10.